The number of hydrogen-bond donors (Lipinski definition) is 0. The van der Waals surface area contributed by atoms with E-state index >= 15 is 0 Å². The Morgan fingerprint density at radius 2 is 1.90 bits per heavy atom. The van der Waals surface area contributed by atoms with Gasteiger partial charge in [-0.3, -0.25) is 0 Å². The number of anilines is 1. The number of hydrogen-bond acceptors (Lipinski definition) is 5. The molecule has 1 aliphatic heterocycles. The Balaban J connectivity index is 1.97. The highest BCUT2D eigenvalue weighted by Crippen LogP contribution is 2.22. The molecule has 0 saturated carbocycles. The summed E-state index contributed by atoms with van der Waals surface area (Å²) in [7, 11) is 1.70. The first-order valence-electron chi connectivity index (χ1n) is 7.12. The Hall–Kier alpha value is -1.59. The van der Waals surface area contributed by atoms with E-state index in [2.05, 4.69) is 9.88 Å². The van der Waals surface area contributed by atoms with Gasteiger partial charge in [0, 0.05) is 43.3 Å². The Morgan fingerprint density at radius 1 is 1.14 bits per heavy atom. The van der Waals surface area contributed by atoms with E-state index in [1.54, 1.807) is 7.11 Å². The van der Waals surface area contributed by atoms with Gasteiger partial charge in [-0.05, 0) is 0 Å². The van der Waals surface area contributed by atoms with Crippen LogP contribution in [-0.2, 0) is 11.3 Å². The number of methoxy groups -OCH3 is 1. The molecule has 2 aromatic rings. The van der Waals surface area contributed by atoms with Crippen molar-refractivity contribution in [1.82, 2.24) is 9.97 Å². The number of benzene rings is 1. The summed E-state index contributed by atoms with van der Waals surface area (Å²) < 4.78 is 5.25. The van der Waals surface area contributed by atoms with Crippen LogP contribution < -0.4 is 4.90 Å². The molecule has 0 amide bonds. The van der Waals surface area contributed by atoms with Crippen LogP contribution in [0.25, 0.3) is 11.4 Å². The third kappa shape index (κ3) is 3.54. The van der Waals surface area contributed by atoms with Crippen LogP contribution in [0.4, 0.5) is 5.82 Å². The topological polar surface area (TPSA) is 38.2 Å². The van der Waals surface area contributed by atoms with E-state index in [4.69, 9.17) is 9.72 Å². The molecule has 1 aromatic carbocycles. The first-order valence-corrected chi connectivity index (χ1v) is 8.27. The minimum Gasteiger partial charge on any atom is -0.378 e. The maximum absolute atomic E-state index is 5.25. The number of nitrogens with zero attached hydrogens (tertiary/aromatic N) is 3. The van der Waals surface area contributed by atoms with Gasteiger partial charge in [0.15, 0.2) is 5.82 Å². The lowest BCUT2D eigenvalue weighted by molar-refractivity contribution is 0.181. The summed E-state index contributed by atoms with van der Waals surface area (Å²) in [4.78, 5) is 11.7. The third-order valence-corrected chi connectivity index (χ3v) is 4.37. The zero-order chi connectivity index (χ0) is 14.5. The average molecular weight is 301 g/mol. The standard InChI is InChI=1S/C16H19N3OS/c1-20-12-14-11-15(19-7-9-21-10-8-19)18-16(17-14)13-5-3-2-4-6-13/h2-6,11H,7-10,12H2,1H3. The maximum Gasteiger partial charge on any atom is 0.161 e. The van der Waals surface area contributed by atoms with Gasteiger partial charge in [0.05, 0.1) is 12.3 Å². The molecule has 1 aliphatic rings. The minimum absolute atomic E-state index is 0.512. The van der Waals surface area contributed by atoms with Gasteiger partial charge in [-0.25, -0.2) is 9.97 Å². The predicted octanol–water partition coefficient (Wildman–Crippen LogP) is 2.84. The van der Waals surface area contributed by atoms with Crippen LogP contribution in [-0.4, -0.2) is 41.7 Å². The second kappa shape index (κ2) is 6.91. The highest BCUT2D eigenvalue weighted by molar-refractivity contribution is 7.99. The van der Waals surface area contributed by atoms with Gasteiger partial charge < -0.3 is 9.64 Å². The summed E-state index contributed by atoms with van der Waals surface area (Å²) in [6.07, 6.45) is 0. The summed E-state index contributed by atoms with van der Waals surface area (Å²) in [6, 6.07) is 12.2. The van der Waals surface area contributed by atoms with Crippen LogP contribution in [0, 0.1) is 0 Å². The summed E-state index contributed by atoms with van der Waals surface area (Å²) in [5.74, 6) is 4.10. The fraction of sp³-hybridized carbons (Fsp3) is 0.375. The van der Waals surface area contributed by atoms with E-state index in [0.717, 1.165) is 47.5 Å². The highest BCUT2D eigenvalue weighted by atomic mass is 32.2. The lowest BCUT2D eigenvalue weighted by Crippen LogP contribution is -2.33. The lowest BCUT2D eigenvalue weighted by Gasteiger charge is -2.28. The van der Waals surface area contributed by atoms with Gasteiger partial charge in [0.1, 0.15) is 5.82 Å². The molecule has 2 heterocycles. The molecule has 21 heavy (non-hydrogen) atoms. The monoisotopic (exact) mass is 301 g/mol. The first kappa shape index (κ1) is 14.4. The summed E-state index contributed by atoms with van der Waals surface area (Å²) >= 11 is 2.00. The van der Waals surface area contributed by atoms with Crippen molar-refractivity contribution in [3.8, 4) is 11.4 Å². The van der Waals surface area contributed by atoms with Crippen molar-refractivity contribution in [1.29, 1.82) is 0 Å². The highest BCUT2D eigenvalue weighted by Gasteiger charge is 2.15. The third-order valence-electron chi connectivity index (χ3n) is 3.42. The molecule has 3 rings (SSSR count). The van der Waals surface area contributed by atoms with Crippen molar-refractivity contribution < 1.29 is 4.74 Å². The van der Waals surface area contributed by atoms with Crippen molar-refractivity contribution in [3.63, 3.8) is 0 Å². The quantitative estimate of drug-likeness (QED) is 0.868. The normalized spacial score (nSPS) is 15.2. The Labute approximate surface area is 129 Å². The largest absolute Gasteiger partial charge is 0.378 e. The zero-order valence-electron chi connectivity index (χ0n) is 12.2. The second-order valence-corrected chi connectivity index (χ2v) is 6.16. The molecule has 1 aromatic heterocycles. The SMILES string of the molecule is COCc1cc(N2CCSCC2)nc(-c2ccccc2)n1. The Bertz CT molecular complexity index is 585. The molecule has 0 bridgehead atoms. The van der Waals surface area contributed by atoms with Crippen LogP contribution in [0.1, 0.15) is 5.69 Å². The molecular weight excluding hydrogens is 282 g/mol. The van der Waals surface area contributed by atoms with Crippen LogP contribution in [0.2, 0.25) is 0 Å². The second-order valence-electron chi connectivity index (χ2n) is 4.94. The van der Waals surface area contributed by atoms with Gasteiger partial charge in [0.25, 0.3) is 0 Å². The van der Waals surface area contributed by atoms with Gasteiger partial charge in [-0.1, -0.05) is 30.3 Å². The molecule has 0 aliphatic carbocycles. The molecule has 0 unspecified atom stereocenters. The molecule has 1 fully saturated rings. The maximum atomic E-state index is 5.25. The van der Waals surface area contributed by atoms with E-state index < -0.39 is 0 Å². The van der Waals surface area contributed by atoms with Crippen molar-refractivity contribution in [2.24, 2.45) is 0 Å². The van der Waals surface area contributed by atoms with Crippen LogP contribution >= 0.6 is 11.8 Å². The summed E-state index contributed by atoms with van der Waals surface area (Å²) in [5.41, 5.74) is 1.97. The van der Waals surface area contributed by atoms with Gasteiger partial charge in [0.2, 0.25) is 0 Å². The zero-order valence-corrected chi connectivity index (χ0v) is 13.0. The fourth-order valence-electron chi connectivity index (χ4n) is 2.38. The van der Waals surface area contributed by atoms with E-state index in [-0.39, 0.29) is 0 Å². The number of aromatic nitrogens is 2. The molecule has 1 saturated heterocycles. The smallest absolute Gasteiger partial charge is 0.161 e. The van der Waals surface area contributed by atoms with Gasteiger partial charge in [-0.15, -0.1) is 0 Å². The van der Waals surface area contributed by atoms with Crippen LogP contribution in [0.3, 0.4) is 0 Å². The molecule has 0 N–H and O–H groups in total. The summed E-state index contributed by atoms with van der Waals surface area (Å²) in [6.45, 7) is 2.60. The molecule has 0 radical (unpaired) electrons. The Morgan fingerprint density at radius 3 is 2.62 bits per heavy atom. The molecular formula is C16H19N3OS. The molecule has 4 nitrogen and oxygen atoms in total. The number of thioether (sulfide) groups is 1. The van der Waals surface area contributed by atoms with Crippen LogP contribution in [0.15, 0.2) is 36.4 Å². The van der Waals surface area contributed by atoms with E-state index in [1.807, 2.05) is 48.2 Å². The predicted molar refractivity (Wildman–Crippen MR) is 87.7 cm³/mol. The van der Waals surface area contributed by atoms with Crippen LogP contribution in [0.5, 0.6) is 0 Å². The van der Waals surface area contributed by atoms with E-state index in [0.29, 0.717) is 6.61 Å². The lowest BCUT2D eigenvalue weighted by atomic mass is 10.2. The van der Waals surface area contributed by atoms with E-state index in [9.17, 15) is 0 Å². The number of rotatable bonds is 4. The fourth-order valence-corrected chi connectivity index (χ4v) is 3.28. The van der Waals surface area contributed by atoms with Crippen molar-refractivity contribution in [2.45, 2.75) is 6.61 Å². The van der Waals surface area contributed by atoms with Crippen molar-refractivity contribution in [3.05, 3.63) is 42.1 Å². The molecule has 110 valence electrons. The van der Waals surface area contributed by atoms with Crippen molar-refractivity contribution >= 4 is 17.6 Å². The number of ether oxygens (including phenoxy) is 1. The Kier molecular flexibility index (Phi) is 4.72. The summed E-state index contributed by atoms with van der Waals surface area (Å²) in [5, 5.41) is 0. The van der Waals surface area contributed by atoms with Gasteiger partial charge in [-0.2, -0.15) is 11.8 Å². The average Bonchev–Trinajstić information content (AvgIpc) is 2.56. The molecule has 5 heteroatoms. The molecule has 0 spiro atoms. The van der Waals surface area contributed by atoms with Gasteiger partial charge >= 0.3 is 0 Å². The van der Waals surface area contributed by atoms with Crippen molar-refractivity contribution in [2.75, 3.05) is 36.6 Å². The molecule has 0 atom stereocenters. The van der Waals surface area contributed by atoms with E-state index in [1.165, 1.54) is 0 Å². The minimum atomic E-state index is 0.512. The first-order chi connectivity index (χ1) is 10.4.